The number of carbonyl (C=O) groups excluding carboxylic acids is 2. The lowest BCUT2D eigenvalue weighted by Crippen LogP contribution is -2.34. The number of hydrogen-bond acceptors (Lipinski definition) is 2. The van der Waals surface area contributed by atoms with E-state index < -0.39 is 11.7 Å². The minimum Gasteiger partial charge on any atom is -0.351 e. The molecule has 0 radical (unpaired) electrons. The van der Waals surface area contributed by atoms with Crippen LogP contribution in [0.4, 0.5) is 4.39 Å². The van der Waals surface area contributed by atoms with E-state index in [9.17, 15) is 14.0 Å². The predicted molar refractivity (Wildman–Crippen MR) is 101 cm³/mol. The van der Waals surface area contributed by atoms with Gasteiger partial charge < -0.3 is 10.6 Å². The van der Waals surface area contributed by atoms with Gasteiger partial charge in [-0.15, -0.1) is 0 Å². The molecule has 0 aliphatic heterocycles. The summed E-state index contributed by atoms with van der Waals surface area (Å²) in [6.07, 6.45) is 3.19. The van der Waals surface area contributed by atoms with Crippen molar-refractivity contribution in [3.8, 4) is 0 Å². The molecule has 3 rings (SSSR count). The van der Waals surface area contributed by atoms with Crippen molar-refractivity contribution in [1.82, 2.24) is 10.6 Å². The largest absolute Gasteiger partial charge is 0.351 e. The summed E-state index contributed by atoms with van der Waals surface area (Å²) in [5, 5.41) is 5.71. The van der Waals surface area contributed by atoms with Gasteiger partial charge in [-0.05, 0) is 64.5 Å². The fourth-order valence-corrected chi connectivity index (χ4v) is 3.65. The second-order valence-corrected chi connectivity index (χ2v) is 7.20. The topological polar surface area (TPSA) is 58.2 Å². The molecule has 0 fully saturated rings. The van der Waals surface area contributed by atoms with Crippen LogP contribution in [0.1, 0.15) is 46.8 Å². The smallest absolute Gasteiger partial charge is 0.252 e. The predicted octanol–water partition coefficient (Wildman–Crippen LogP) is 3.90. The quantitative estimate of drug-likeness (QED) is 0.773. The molecule has 1 atom stereocenters. The highest BCUT2D eigenvalue weighted by atomic mass is 79.9. The van der Waals surface area contributed by atoms with Gasteiger partial charge in [-0.1, -0.05) is 24.3 Å². The zero-order chi connectivity index (χ0) is 18.5. The summed E-state index contributed by atoms with van der Waals surface area (Å²) in [6.45, 7) is 0.196. The Morgan fingerprint density at radius 3 is 2.85 bits per heavy atom. The van der Waals surface area contributed by atoms with Crippen LogP contribution in [0.3, 0.4) is 0 Å². The van der Waals surface area contributed by atoms with Gasteiger partial charge in [-0.3, -0.25) is 9.59 Å². The molecule has 0 spiro atoms. The summed E-state index contributed by atoms with van der Waals surface area (Å²) in [6, 6.07) is 12.1. The number of hydrogen-bond donors (Lipinski definition) is 2. The van der Waals surface area contributed by atoms with E-state index in [2.05, 4.69) is 38.7 Å². The molecule has 0 aromatic heterocycles. The van der Waals surface area contributed by atoms with Crippen molar-refractivity contribution in [2.24, 2.45) is 0 Å². The second-order valence-electron chi connectivity index (χ2n) is 6.34. The molecule has 136 valence electrons. The van der Waals surface area contributed by atoms with Crippen LogP contribution in [0.25, 0.3) is 0 Å². The number of aryl methyl sites for hydroxylation is 1. The van der Waals surface area contributed by atoms with Gasteiger partial charge in [0.1, 0.15) is 5.82 Å². The van der Waals surface area contributed by atoms with Crippen LogP contribution in [0.15, 0.2) is 46.9 Å². The molecule has 2 aromatic carbocycles. The Hall–Kier alpha value is -2.21. The van der Waals surface area contributed by atoms with E-state index in [-0.39, 0.29) is 30.5 Å². The van der Waals surface area contributed by atoms with Crippen LogP contribution in [-0.4, -0.2) is 18.4 Å². The summed E-state index contributed by atoms with van der Waals surface area (Å²) in [5.74, 6) is -0.996. The zero-order valence-corrected chi connectivity index (χ0v) is 15.8. The average molecular weight is 419 g/mol. The van der Waals surface area contributed by atoms with E-state index in [0.29, 0.717) is 4.47 Å². The van der Waals surface area contributed by atoms with Gasteiger partial charge in [0.15, 0.2) is 0 Å². The first-order valence-electron chi connectivity index (χ1n) is 8.65. The van der Waals surface area contributed by atoms with Gasteiger partial charge in [0.25, 0.3) is 5.91 Å². The maximum atomic E-state index is 13.3. The Kier molecular flexibility index (Phi) is 6.04. The summed E-state index contributed by atoms with van der Waals surface area (Å²) in [7, 11) is 0. The number of fused-ring (bicyclic) bond motifs is 1. The minimum atomic E-state index is -0.480. The van der Waals surface area contributed by atoms with E-state index in [1.54, 1.807) is 0 Å². The number of amides is 2. The van der Waals surface area contributed by atoms with Crippen molar-refractivity contribution in [3.05, 3.63) is 69.4 Å². The van der Waals surface area contributed by atoms with Gasteiger partial charge >= 0.3 is 0 Å². The van der Waals surface area contributed by atoms with E-state index in [4.69, 9.17) is 0 Å². The number of halogens is 2. The fourth-order valence-electron chi connectivity index (χ4n) is 3.23. The van der Waals surface area contributed by atoms with Crippen LogP contribution in [0, 0.1) is 5.82 Å². The molecular weight excluding hydrogens is 399 g/mol. The molecule has 6 heteroatoms. The van der Waals surface area contributed by atoms with Crippen molar-refractivity contribution in [2.45, 2.75) is 31.7 Å². The van der Waals surface area contributed by atoms with Crippen molar-refractivity contribution >= 4 is 27.7 Å². The van der Waals surface area contributed by atoms with Gasteiger partial charge in [-0.25, -0.2) is 4.39 Å². The monoisotopic (exact) mass is 418 g/mol. The van der Waals surface area contributed by atoms with Crippen LogP contribution in [0.5, 0.6) is 0 Å². The van der Waals surface area contributed by atoms with Crippen LogP contribution in [0.2, 0.25) is 0 Å². The third-order valence-corrected chi connectivity index (χ3v) is 5.21. The lowest BCUT2D eigenvalue weighted by Gasteiger charge is -2.26. The Morgan fingerprint density at radius 2 is 2.00 bits per heavy atom. The average Bonchev–Trinajstić information content (AvgIpc) is 2.64. The molecule has 4 nitrogen and oxygen atoms in total. The van der Waals surface area contributed by atoms with Crippen molar-refractivity contribution in [3.63, 3.8) is 0 Å². The summed E-state index contributed by atoms with van der Waals surface area (Å²) >= 11 is 3.23. The minimum absolute atomic E-state index is 0.0283. The molecule has 1 aliphatic rings. The van der Waals surface area contributed by atoms with E-state index >= 15 is 0 Å². The molecule has 0 saturated heterocycles. The fraction of sp³-hybridized carbons (Fsp3) is 0.300. The molecule has 0 bridgehead atoms. The highest BCUT2D eigenvalue weighted by Crippen LogP contribution is 2.29. The third-order valence-electron chi connectivity index (χ3n) is 4.52. The first-order chi connectivity index (χ1) is 12.5. The highest BCUT2D eigenvalue weighted by Gasteiger charge is 2.21. The van der Waals surface area contributed by atoms with Crippen LogP contribution in [-0.2, 0) is 11.2 Å². The highest BCUT2D eigenvalue weighted by molar-refractivity contribution is 9.10. The molecule has 26 heavy (non-hydrogen) atoms. The lowest BCUT2D eigenvalue weighted by molar-refractivity contribution is -0.121. The maximum absolute atomic E-state index is 13.3. The Labute approximate surface area is 160 Å². The first-order valence-corrected chi connectivity index (χ1v) is 9.44. The van der Waals surface area contributed by atoms with E-state index in [1.165, 1.54) is 29.3 Å². The van der Waals surface area contributed by atoms with Gasteiger partial charge in [0, 0.05) is 17.4 Å². The maximum Gasteiger partial charge on any atom is 0.252 e. The molecule has 0 saturated carbocycles. The Balaban J connectivity index is 1.51. The Bertz CT molecular complexity index is 825. The molecule has 2 amide bonds. The Morgan fingerprint density at radius 1 is 1.19 bits per heavy atom. The number of benzene rings is 2. The van der Waals surface area contributed by atoms with Crippen molar-refractivity contribution in [1.29, 1.82) is 0 Å². The summed E-state index contributed by atoms with van der Waals surface area (Å²) in [4.78, 5) is 24.3. The van der Waals surface area contributed by atoms with Crippen molar-refractivity contribution in [2.75, 3.05) is 6.54 Å². The zero-order valence-electron chi connectivity index (χ0n) is 14.2. The number of carbonyl (C=O) groups is 2. The van der Waals surface area contributed by atoms with Crippen LogP contribution >= 0.6 is 15.9 Å². The first kappa shape index (κ1) is 18.6. The molecule has 2 aromatic rings. The van der Waals surface area contributed by atoms with Crippen LogP contribution < -0.4 is 10.6 Å². The number of nitrogens with one attached hydrogen (secondary N) is 2. The molecule has 2 N–H and O–H groups in total. The molecule has 0 heterocycles. The van der Waals surface area contributed by atoms with E-state index in [1.807, 2.05) is 12.1 Å². The van der Waals surface area contributed by atoms with E-state index in [0.717, 1.165) is 19.3 Å². The number of rotatable bonds is 5. The van der Waals surface area contributed by atoms with Crippen molar-refractivity contribution < 1.29 is 14.0 Å². The van der Waals surface area contributed by atoms with Gasteiger partial charge in [0.2, 0.25) is 5.91 Å². The third kappa shape index (κ3) is 4.49. The molecule has 1 aliphatic carbocycles. The summed E-state index contributed by atoms with van der Waals surface area (Å²) < 4.78 is 13.8. The standard InChI is InChI=1S/C20H20BrFN2O2/c21-17-9-8-14(22)12-16(17)20(26)23-11-10-19(25)24-18-7-3-5-13-4-1-2-6-15(13)18/h1-2,4,6,8-9,12,18H,3,5,7,10-11H2,(H,23,26)(H,24,25). The normalized spacial score (nSPS) is 15.8. The van der Waals surface area contributed by atoms with Gasteiger partial charge in [0.05, 0.1) is 11.6 Å². The van der Waals surface area contributed by atoms with Gasteiger partial charge in [-0.2, -0.15) is 0 Å². The SMILES string of the molecule is O=C(CCNC(=O)c1cc(F)ccc1Br)NC1CCCc2ccccc21. The summed E-state index contributed by atoms with van der Waals surface area (Å²) in [5.41, 5.74) is 2.68. The molecule has 1 unspecified atom stereocenters. The lowest BCUT2D eigenvalue weighted by atomic mass is 9.88. The molecular formula is C20H20BrFN2O2. The second kappa shape index (κ2) is 8.45.